The van der Waals surface area contributed by atoms with E-state index in [0.717, 1.165) is 6.08 Å². The molecule has 0 aliphatic carbocycles. The quantitative estimate of drug-likeness (QED) is 0.494. The van der Waals surface area contributed by atoms with Crippen LogP contribution in [0.25, 0.3) is 10.9 Å². The molecule has 5 nitrogen and oxygen atoms in total. The Labute approximate surface area is 149 Å². The van der Waals surface area contributed by atoms with E-state index in [1.165, 1.54) is 18.5 Å². The van der Waals surface area contributed by atoms with Gasteiger partial charge in [-0.3, -0.25) is 4.79 Å². The Morgan fingerprint density at radius 2 is 1.96 bits per heavy atom. The molecule has 0 aliphatic rings. The highest BCUT2D eigenvalue weighted by Gasteiger charge is 2.14. The van der Waals surface area contributed by atoms with Crippen molar-refractivity contribution < 1.29 is 13.6 Å². The third kappa shape index (κ3) is 3.48. The molecule has 2 N–H and O–H groups in total. The number of rotatable bonds is 4. The second kappa shape index (κ2) is 6.94. The molecule has 3 aromatic rings. The van der Waals surface area contributed by atoms with Crippen LogP contribution < -0.4 is 10.6 Å². The number of carbonyl (C=O) groups excluding carboxylic acids is 1. The van der Waals surface area contributed by atoms with Crippen LogP contribution in [0, 0.1) is 11.6 Å². The molecule has 1 heterocycles. The summed E-state index contributed by atoms with van der Waals surface area (Å²) in [5, 5.41) is 5.91. The first-order valence-corrected chi connectivity index (χ1v) is 7.87. The highest BCUT2D eigenvalue weighted by Crippen LogP contribution is 2.29. The third-order valence-electron chi connectivity index (χ3n) is 3.38. The molecular formula is C17H11BrF2N4O. The zero-order chi connectivity index (χ0) is 18.0. The van der Waals surface area contributed by atoms with Crippen molar-refractivity contribution in [3.8, 4) is 0 Å². The number of anilines is 3. The highest BCUT2D eigenvalue weighted by molar-refractivity contribution is 9.10. The molecule has 126 valence electrons. The molecule has 0 atom stereocenters. The average Bonchev–Trinajstić information content (AvgIpc) is 2.62. The fourth-order valence-electron chi connectivity index (χ4n) is 2.18. The lowest BCUT2D eigenvalue weighted by atomic mass is 10.2. The van der Waals surface area contributed by atoms with E-state index in [1.807, 2.05) is 0 Å². The van der Waals surface area contributed by atoms with Gasteiger partial charge in [-0.2, -0.15) is 0 Å². The van der Waals surface area contributed by atoms with Gasteiger partial charge < -0.3 is 10.6 Å². The number of amides is 1. The topological polar surface area (TPSA) is 66.9 Å². The van der Waals surface area contributed by atoms with Crippen LogP contribution in [0.4, 0.5) is 26.0 Å². The normalized spacial score (nSPS) is 10.5. The highest BCUT2D eigenvalue weighted by atomic mass is 79.9. The summed E-state index contributed by atoms with van der Waals surface area (Å²) in [6.45, 7) is 3.39. The molecule has 0 unspecified atom stereocenters. The SMILES string of the molecule is C=CC(=O)Nc1ccc2ncnc(Nc3ccc(Br)c(F)c3F)c2c1. The van der Waals surface area contributed by atoms with Crippen molar-refractivity contribution >= 4 is 49.9 Å². The van der Waals surface area contributed by atoms with Crippen molar-refractivity contribution in [3.63, 3.8) is 0 Å². The van der Waals surface area contributed by atoms with Crippen molar-refractivity contribution in [3.05, 3.63) is 65.4 Å². The number of halogens is 3. The lowest BCUT2D eigenvalue weighted by Gasteiger charge is -2.11. The zero-order valence-electron chi connectivity index (χ0n) is 12.7. The van der Waals surface area contributed by atoms with Crippen molar-refractivity contribution in [2.45, 2.75) is 0 Å². The van der Waals surface area contributed by atoms with E-state index in [2.05, 4.69) is 43.1 Å². The maximum absolute atomic E-state index is 14.1. The number of benzene rings is 2. The van der Waals surface area contributed by atoms with Gasteiger partial charge in [0.2, 0.25) is 5.91 Å². The van der Waals surface area contributed by atoms with Crippen molar-refractivity contribution in [2.24, 2.45) is 0 Å². The largest absolute Gasteiger partial charge is 0.337 e. The Balaban J connectivity index is 2.04. The molecule has 0 fully saturated rings. The molecule has 0 saturated carbocycles. The average molecular weight is 405 g/mol. The standard InChI is InChI=1S/C17H11BrF2N4O/c1-2-14(25)23-9-3-5-12-10(7-9)17(22-8-21-12)24-13-6-4-11(18)15(19)16(13)20/h2-8H,1H2,(H,23,25)(H,21,22,24). The number of nitrogens with zero attached hydrogens (tertiary/aromatic N) is 2. The summed E-state index contributed by atoms with van der Waals surface area (Å²) < 4.78 is 27.8. The summed E-state index contributed by atoms with van der Waals surface area (Å²) in [4.78, 5) is 19.6. The molecular weight excluding hydrogens is 394 g/mol. The van der Waals surface area contributed by atoms with Crippen LogP contribution in [0.1, 0.15) is 0 Å². The number of nitrogens with one attached hydrogen (secondary N) is 2. The van der Waals surface area contributed by atoms with Crippen LogP contribution in [-0.4, -0.2) is 15.9 Å². The predicted molar refractivity (Wildman–Crippen MR) is 95.7 cm³/mol. The van der Waals surface area contributed by atoms with Crippen LogP contribution in [0.3, 0.4) is 0 Å². The van der Waals surface area contributed by atoms with E-state index >= 15 is 0 Å². The van der Waals surface area contributed by atoms with Gasteiger partial charge in [-0.05, 0) is 52.3 Å². The number of aromatic nitrogens is 2. The monoisotopic (exact) mass is 404 g/mol. The molecule has 0 spiro atoms. The zero-order valence-corrected chi connectivity index (χ0v) is 14.3. The van der Waals surface area contributed by atoms with Crippen molar-refractivity contribution in [1.29, 1.82) is 0 Å². The Bertz CT molecular complexity index is 994. The van der Waals surface area contributed by atoms with Gasteiger partial charge in [0, 0.05) is 11.1 Å². The second-order valence-electron chi connectivity index (χ2n) is 5.00. The first-order valence-electron chi connectivity index (χ1n) is 7.08. The smallest absolute Gasteiger partial charge is 0.247 e. The van der Waals surface area contributed by atoms with Crippen LogP contribution in [0.5, 0.6) is 0 Å². The predicted octanol–water partition coefficient (Wildman–Crippen LogP) is 4.54. The maximum Gasteiger partial charge on any atom is 0.247 e. The lowest BCUT2D eigenvalue weighted by molar-refractivity contribution is -0.111. The van der Waals surface area contributed by atoms with Crippen LogP contribution in [0.2, 0.25) is 0 Å². The lowest BCUT2D eigenvalue weighted by Crippen LogP contribution is -2.07. The van der Waals surface area contributed by atoms with E-state index in [4.69, 9.17) is 0 Å². The second-order valence-corrected chi connectivity index (χ2v) is 5.85. The van der Waals surface area contributed by atoms with Crippen LogP contribution in [0.15, 0.2) is 53.8 Å². The molecule has 1 amide bonds. The van der Waals surface area contributed by atoms with Crippen molar-refractivity contribution in [2.75, 3.05) is 10.6 Å². The van der Waals surface area contributed by atoms with Gasteiger partial charge in [0.15, 0.2) is 11.6 Å². The molecule has 8 heteroatoms. The Hall–Kier alpha value is -2.87. The van der Waals surface area contributed by atoms with Crippen LogP contribution >= 0.6 is 15.9 Å². The van der Waals surface area contributed by atoms with E-state index in [9.17, 15) is 13.6 Å². The van der Waals surface area contributed by atoms with Gasteiger partial charge in [0.05, 0.1) is 15.7 Å². The third-order valence-corrected chi connectivity index (χ3v) is 3.99. The Morgan fingerprint density at radius 3 is 2.72 bits per heavy atom. The summed E-state index contributed by atoms with van der Waals surface area (Å²) in [6.07, 6.45) is 2.45. The summed E-state index contributed by atoms with van der Waals surface area (Å²) in [5.41, 5.74) is 1.01. The van der Waals surface area contributed by atoms with Crippen molar-refractivity contribution in [1.82, 2.24) is 9.97 Å². The van der Waals surface area contributed by atoms with E-state index in [-0.39, 0.29) is 21.9 Å². The minimum atomic E-state index is -1.03. The van der Waals surface area contributed by atoms with Gasteiger partial charge in [0.25, 0.3) is 0 Å². The molecule has 0 saturated heterocycles. The molecule has 0 aliphatic heterocycles. The first kappa shape index (κ1) is 17.0. The molecule has 1 aromatic heterocycles. The fourth-order valence-corrected chi connectivity index (χ4v) is 2.48. The number of hydrogen-bond donors (Lipinski definition) is 2. The minimum absolute atomic E-state index is 0.0255. The molecule has 2 aromatic carbocycles. The van der Waals surface area contributed by atoms with Crippen LogP contribution in [-0.2, 0) is 4.79 Å². The van der Waals surface area contributed by atoms with E-state index < -0.39 is 11.6 Å². The Morgan fingerprint density at radius 1 is 1.16 bits per heavy atom. The minimum Gasteiger partial charge on any atom is -0.337 e. The first-order chi connectivity index (χ1) is 12.0. The van der Waals surface area contributed by atoms with Gasteiger partial charge >= 0.3 is 0 Å². The summed E-state index contributed by atoms with van der Waals surface area (Å²) in [5.74, 6) is -2.12. The molecule has 3 rings (SSSR count). The number of carbonyl (C=O) groups is 1. The van der Waals surface area contributed by atoms with Gasteiger partial charge in [0.1, 0.15) is 12.1 Å². The van der Waals surface area contributed by atoms with Gasteiger partial charge in [-0.25, -0.2) is 18.7 Å². The molecule has 0 bridgehead atoms. The number of hydrogen-bond acceptors (Lipinski definition) is 4. The maximum atomic E-state index is 14.1. The molecule has 25 heavy (non-hydrogen) atoms. The Kier molecular flexibility index (Phi) is 4.71. The molecule has 0 radical (unpaired) electrons. The van der Waals surface area contributed by atoms with Gasteiger partial charge in [-0.1, -0.05) is 6.58 Å². The van der Waals surface area contributed by atoms with Gasteiger partial charge in [-0.15, -0.1) is 0 Å². The summed E-state index contributed by atoms with van der Waals surface area (Å²) in [7, 11) is 0. The summed E-state index contributed by atoms with van der Waals surface area (Å²) >= 11 is 2.93. The fraction of sp³-hybridized carbons (Fsp3) is 0. The van der Waals surface area contributed by atoms with E-state index in [1.54, 1.807) is 18.2 Å². The number of fused-ring (bicyclic) bond motifs is 1. The van der Waals surface area contributed by atoms with E-state index in [0.29, 0.717) is 16.6 Å². The summed E-state index contributed by atoms with van der Waals surface area (Å²) in [6, 6.07) is 7.76.